The topological polar surface area (TPSA) is 120 Å². The van der Waals surface area contributed by atoms with Gasteiger partial charge in [-0.1, -0.05) is 46.5 Å². The van der Waals surface area contributed by atoms with E-state index in [0.29, 0.717) is 17.2 Å². The maximum absolute atomic E-state index is 14.6. The minimum Gasteiger partial charge on any atom is -0.503 e. The number of amides is 4. The van der Waals surface area contributed by atoms with E-state index in [0.717, 1.165) is 33.1 Å². The van der Waals surface area contributed by atoms with Gasteiger partial charge in [0.2, 0.25) is 11.8 Å². The molecule has 2 aliphatic heterocycles. The highest BCUT2D eigenvalue weighted by atomic mass is 35.5. The van der Waals surface area contributed by atoms with Crippen LogP contribution in [-0.2, 0) is 25.4 Å². The largest absolute Gasteiger partial charge is 0.503 e. The molecule has 52 heavy (non-hydrogen) atoms. The predicted molar refractivity (Wildman–Crippen MR) is 180 cm³/mol. The molecule has 3 aromatic rings. The first-order valence-electron chi connectivity index (χ1n) is 15.9. The lowest BCUT2D eigenvalue weighted by atomic mass is 9.51. The number of phenols is 1. The number of benzene rings is 2. The molecule has 3 fully saturated rings. The van der Waals surface area contributed by atoms with Crippen LogP contribution in [0.15, 0.2) is 54.1 Å². The van der Waals surface area contributed by atoms with Gasteiger partial charge in [-0.2, -0.15) is 18.2 Å². The highest BCUT2D eigenvalue weighted by molar-refractivity contribution is 6.33. The number of rotatable bonds is 5. The lowest BCUT2D eigenvalue weighted by molar-refractivity contribution is -0.141. The highest BCUT2D eigenvalue weighted by Gasteiger charge is 2.68. The quantitative estimate of drug-likeness (QED) is 0.164. The van der Waals surface area contributed by atoms with Crippen LogP contribution < -0.4 is 14.6 Å². The third kappa shape index (κ3) is 5.16. The van der Waals surface area contributed by atoms with E-state index in [-0.39, 0.29) is 45.1 Å². The predicted octanol–water partition coefficient (Wildman–Crippen LogP) is 7.20. The number of phenolic OH excluding ortho intramolecular Hbond substituents is 1. The molecule has 2 aliphatic carbocycles. The Morgan fingerprint density at radius 1 is 0.962 bits per heavy atom. The summed E-state index contributed by atoms with van der Waals surface area (Å²) in [4.78, 5) is 61.8. The molecule has 1 aromatic heterocycles. The van der Waals surface area contributed by atoms with Gasteiger partial charge < -0.3 is 9.84 Å². The standard InChI is InChI=1S/C35H27Cl3F4N4O6/c1-34-19(31(49)45(33(34)51)15-4-8-23(39)21(37)12-15)13-18-16(27(34)14-10-22(38)28(47)24(11-14)52-3)5-6-17-26(18)32(50)46(30(17)48)44(2)29-20(36)7-9-25(43-29)35(40,41)42/h4-5,7-12,17-19,26-27,47H,6,13H2,1-3H3/t17-,18+,19-,26-,27-,34+/m0/s1. The van der Waals surface area contributed by atoms with Crippen molar-refractivity contribution in [3.63, 3.8) is 0 Å². The number of allylic oxidation sites excluding steroid dienone is 2. The van der Waals surface area contributed by atoms with Crippen molar-refractivity contribution >= 4 is 69.9 Å². The van der Waals surface area contributed by atoms with E-state index in [9.17, 15) is 41.8 Å². The van der Waals surface area contributed by atoms with Crippen molar-refractivity contribution in [3.8, 4) is 11.5 Å². The van der Waals surface area contributed by atoms with Crippen LogP contribution in [0, 0.1) is 34.9 Å². The average molecular weight is 782 g/mol. The molecule has 6 atom stereocenters. The van der Waals surface area contributed by atoms with Gasteiger partial charge in [-0.25, -0.2) is 14.3 Å². The summed E-state index contributed by atoms with van der Waals surface area (Å²) < 4.78 is 60.2. The first kappa shape index (κ1) is 36.0. The second-order valence-corrected chi connectivity index (χ2v) is 14.5. The molecule has 1 saturated carbocycles. The van der Waals surface area contributed by atoms with Crippen LogP contribution in [0.2, 0.25) is 15.1 Å². The van der Waals surface area contributed by atoms with Gasteiger partial charge in [0.15, 0.2) is 17.3 Å². The van der Waals surface area contributed by atoms with Crippen LogP contribution in [0.3, 0.4) is 0 Å². The highest BCUT2D eigenvalue weighted by Crippen LogP contribution is 2.64. The number of halogens is 7. The number of imide groups is 2. The van der Waals surface area contributed by atoms with Crippen LogP contribution >= 0.6 is 34.8 Å². The Kier molecular flexibility index (Phi) is 8.54. The number of carbonyl (C=O) groups excluding carboxylic acids is 4. The Morgan fingerprint density at radius 3 is 2.33 bits per heavy atom. The van der Waals surface area contributed by atoms with E-state index >= 15 is 0 Å². The molecular formula is C35H27Cl3F4N4O6. The summed E-state index contributed by atoms with van der Waals surface area (Å²) in [6.07, 6.45) is -3.16. The number of hydrazine groups is 1. The molecule has 0 spiro atoms. The molecule has 2 saturated heterocycles. The van der Waals surface area contributed by atoms with Gasteiger partial charge in [0.05, 0.1) is 51.0 Å². The van der Waals surface area contributed by atoms with Gasteiger partial charge in [0.25, 0.3) is 11.8 Å². The summed E-state index contributed by atoms with van der Waals surface area (Å²) in [6.45, 7) is 1.60. The summed E-state index contributed by atoms with van der Waals surface area (Å²) in [7, 11) is 2.50. The van der Waals surface area contributed by atoms with Crippen molar-refractivity contribution in [3.05, 3.63) is 86.3 Å². The molecule has 3 heterocycles. The number of pyridine rings is 1. The average Bonchev–Trinajstić information content (AvgIpc) is 3.46. The van der Waals surface area contributed by atoms with Gasteiger partial charge in [0.1, 0.15) is 11.5 Å². The maximum Gasteiger partial charge on any atom is 0.433 e. The fourth-order valence-electron chi connectivity index (χ4n) is 8.37. The molecule has 17 heteroatoms. The number of carbonyl (C=O) groups is 4. The van der Waals surface area contributed by atoms with Gasteiger partial charge >= 0.3 is 6.18 Å². The van der Waals surface area contributed by atoms with Crippen LogP contribution in [0.5, 0.6) is 11.5 Å². The summed E-state index contributed by atoms with van der Waals surface area (Å²) >= 11 is 18.7. The zero-order valence-corrected chi connectivity index (χ0v) is 29.6. The third-order valence-corrected chi connectivity index (χ3v) is 11.6. The van der Waals surface area contributed by atoms with Gasteiger partial charge in [0, 0.05) is 13.0 Å². The molecule has 10 nitrogen and oxygen atoms in total. The summed E-state index contributed by atoms with van der Waals surface area (Å²) in [5, 5.41) is 11.5. The van der Waals surface area contributed by atoms with Gasteiger partial charge in [-0.3, -0.25) is 24.2 Å². The number of ether oxygens (including phenoxy) is 1. The van der Waals surface area contributed by atoms with Gasteiger partial charge in [-0.05, 0) is 73.7 Å². The summed E-state index contributed by atoms with van der Waals surface area (Å²) in [5.74, 6) is -9.35. The zero-order chi connectivity index (χ0) is 37.8. The molecule has 0 radical (unpaired) electrons. The van der Waals surface area contributed by atoms with Crippen molar-refractivity contribution in [2.24, 2.45) is 29.1 Å². The smallest absolute Gasteiger partial charge is 0.433 e. The fraction of sp³-hybridized carbons (Fsp3) is 0.343. The van der Waals surface area contributed by atoms with Crippen molar-refractivity contribution in [1.82, 2.24) is 9.99 Å². The van der Waals surface area contributed by atoms with Crippen molar-refractivity contribution in [1.29, 1.82) is 0 Å². The Bertz CT molecular complexity index is 2130. The first-order chi connectivity index (χ1) is 24.4. The third-order valence-electron chi connectivity index (χ3n) is 10.7. The minimum atomic E-state index is -4.84. The van der Waals surface area contributed by atoms with Crippen LogP contribution in [-0.4, -0.2) is 52.9 Å². The van der Waals surface area contributed by atoms with E-state index in [2.05, 4.69) is 4.98 Å². The number of hydrogen-bond donors (Lipinski definition) is 1. The molecule has 4 aliphatic rings. The Balaban J connectivity index is 1.35. The zero-order valence-electron chi connectivity index (χ0n) is 27.3. The van der Waals surface area contributed by atoms with E-state index in [1.54, 1.807) is 13.0 Å². The normalized spacial score (nSPS) is 27.0. The number of nitrogens with zero attached hydrogens (tertiary/aromatic N) is 4. The van der Waals surface area contributed by atoms with Crippen molar-refractivity contribution in [2.75, 3.05) is 24.1 Å². The van der Waals surface area contributed by atoms with Crippen molar-refractivity contribution in [2.45, 2.75) is 31.9 Å². The molecule has 0 unspecified atom stereocenters. The molecule has 4 amide bonds. The summed E-state index contributed by atoms with van der Waals surface area (Å²) in [5.41, 5.74) is -1.88. The van der Waals surface area contributed by atoms with Gasteiger partial charge in [-0.15, -0.1) is 0 Å². The molecule has 272 valence electrons. The molecular weight excluding hydrogens is 755 g/mol. The van der Waals surface area contributed by atoms with Crippen molar-refractivity contribution < 1.29 is 46.6 Å². The van der Waals surface area contributed by atoms with Crippen LogP contribution in [0.4, 0.5) is 29.1 Å². The number of anilines is 2. The fourth-order valence-corrected chi connectivity index (χ4v) is 8.99. The Morgan fingerprint density at radius 2 is 1.67 bits per heavy atom. The number of alkyl halides is 3. The number of hydrogen-bond acceptors (Lipinski definition) is 8. The molecule has 0 bridgehead atoms. The minimum absolute atomic E-state index is 0.00871. The monoisotopic (exact) mass is 780 g/mol. The van der Waals surface area contributed by atoms with Crippen LogP contribution in [0.25, 0.3) is 0 Å². The second kappa shape index (κ2) is 12.3. The Hall–Kier alpha value is -4.40. The lowest BCUT2D eigenvalue weighted by Gasteiger charge is -2.49. The van der Waals surface area contributed by atoms with E-state index in [4.69, 9.17) is 39.5 Å². The van der Waals surface area contributed by atoms with Crippen LogP contribution in [0.1, 0.15) is 36.9 Å². The molecule has 7 rings (SSSR count). The first-order valence-corrected chi connectivity index (χ1v) is 17.0. The summed E-state index contributed by atoms with van der Waals surface area (Å²) in [6, 6.07) is 7.97. The number of methoxy groups -OCH3 is 1. The SMILES string of the molecule is COc1cc([C@H]2C3=CC[C@@H]4C(=O)N(N(C)c5nc(C(F)(F)F)ccc5Cl)C(=O)[C@@H]4[C@@H]3C[C@H]3C(=O)N(c4ccc(F)c(Cl)c4)C(=O)[C@@]23C)cc(Cl)c1O. The number of aromatic nitrogens is 1. The van der Waals surface area contributed by atoms with E-state index in [1.807, 2.05) is 0 Å². The molecule has 1 N–H and O–H groups in total. The number of aromatic hydroxyl groups is 1. The Labute approximate surface area is 308 Å². The maximum atomic E-state index is 14.6. The second-order valence-electron chi connectivity index (χ2n) is 13.3. The van der Waals surface area contributed by atoms with E-state index < -0.39 is 82.1 Å². The number of fused-ring (bicyclic) bond motifs is 4. The lowest BCUT2D eigenvalue weighted by Crippen LogP contribution is -2.49. The van der Waals surface area contributed by atoms with E-state index in [1.165, 1.54) is 32.4 Å². The molecule has 2 aromatic carbocycles.